The van der Waals surface area contributed by atoms with Gasteiger partial charge in [0.2, 0.25) is 0 Å². The van der Waals surface area contributed by atoms with Gasteiger partial charge in [-0.25, -0.2) is 9.97 Å². The maximum absolute atomic E-state index is 4.43. The molecule has 0 fully saturated rings. The lowest BCUT2D eigenvalue weighted by Gasteiger charge is -2.04. The molecule has 0 spiro atoms. The van der Waals surface area contributed by atoms with Gasteiger partial charge in [-0.3, -0.25) is 4.68 Å². The minimum Gasteiger partial charge on any atom is -0.370 e. The summed E-state index contributed by atoms with van der Waals surface area (Å²) in [5.41, 5.74) is 2.04. The number of aromatic nitrogens is 4. The summed E-state index contributed by atoms with van der Waals surface area (Å²) in [6.45, 7) is 4.89. The molecule has 2 rings (SSSR count). The number of rotatable bonds is 3. The monoisotopic (exact) mass is 217 g/mol. The Morgan fingerprint density at radius 1 is 1.44 bits per heavy atom. The third-order valence-corrected chi connectivity index (χ3v) is 2.49. The molecule has 2 aromatic heterocycles. The van der Waals surface area contributed by atoms with Crippen molar-refractivity contribution in [1.29, 1.82) is 0 Å². The van der Waals surface area contributed by atoms with E-state index in [0.29, 0.717) is 5.82 Å². The van der Waals surface area contributed by atoms with Crippen molar-refractivity contribution in [2.45, 2.75) is 13.8 Å². The van der Waals surface area contributed by atoms with Crippen molar-refractivity contribution in [3.05, 3.63) is 24.2 Å². The fourth-order valence-corrected chi connectivity index (χ4v) is 1.49. The van der Waals surface area contributed by atoms with Crippen molar-refractivity contribution < 1.29 is 0 Å². The first-order chi connectivity index (χ1) is 7.72. The highest BCUT2D eigenvalue weighted by atomic mass is 15.3. The average Bonchev–Trinajstić information content (AvgIpc) is 2.61. The molecule has 0 aliphatic heterocycles. The molecule has 84 valence electrons. The fourth-order valence-electron chi connectivity index (χ4n) is 1.49. The Bertz CT molecular complexity index is 489. The largest absolute Gasteiger partial charge is 0.370 e. The van der Waals surface area contributed by atoms with Gasteiger partial charge in [0, 0.05) is 25.5 Å². The SMILES string of the molecule is CCNc1ccnc(-c2cnn(C)c2C)n1. The third kappa shape index (κ3) is 1.88. The summed E-state index contributed by atoms with van der Waals surface area (Å²) in [7, 11) is 1.91. The van der Waals surface area contributed by atoms with Crippen LogP contribution in [0.5, 0.6) is 0 Å². The molecular weight excluding hydrogens is 202 g/mol. The zero-order valence-electron chi connectivity index (χ0n) is 9.73. The molecule has 0 bridgehead atoms. The molecule has 2 aromatic rings. The van der Waals surface area contributed by atoms with Gasteiger partial charge >= 0.3 is 0 Å². The molecule has 2 heterocycles. The van der Waals surface area contributed by atoms with Crippen molar-refractivity contribution in [3.63, 3.8) is 0 Å². The summed E-state index contributed by atoms with van der Waals surface area (Å²) in [6, 6.07) is 1.86. The second-order valence-electron chi connectivity index (χ2n) is 3.56. The average molecular weight is 217 g/mol. The number of aryl methyl sites for hydroxylation is 1. The van der Waals surface area contributed by atoms with Gasteiger partial charge < -0.3 is 5.32 Å². The normalized spacial score (nSPS) is 10.4. The molecule has 0 aliphatic rings. The van der Waals surface area contributed by atoms with Crippen LogP contribution in [0.4, 0.5) is 5.82 Å². The summed E-state index contributed by atoms with van der Waals surface area (Å²) < 4.78 is 1.82. The Morgan fingerprint density at radius 3 is 2.88 bits per heavy atom. The van der Waals surface area contributed by atoms with Gasteiger partial charge in [0.05, 0.1) is 11.8 Å². The van der Waals surface area contributed by atoms with Gasteiger partial charge in [-0.1, -0.05) is 0 Å². The van der Waals surface area contributed by atoms with E-state index in [1.807, 2.05) is 31.6 Å². The van der Waals surface area contributed by atoms with E-state index in [1.165, 1.54) is 0 Å². The number of anilines is 1. The molecule has 0 aliphatic carbocycles. The number of nitrogens with one attached hydrogen (secondary N) is 1. The highest BCUT2D eigenvalue weighted by Crippen LogP contribution is 2.19. The first kappa shape index (κ1) is 10.6. The topological polar surface area (TPSA) is 55.6 Å². The lowest BCUT2D eigenvalue weighted by Crippen LogP contribution is -2.01. The Balaban J connectivity index is 2.40. The molecule has 0 amide bonds. The standard InChI is InChI=1S/C11H15N5/c1-4-12-10-5-6-13-11(15-10)9-7-14-16(3)8(9)2/h5-7H,4H2,1-3H3,(H,12,13,15). The molecule has 5 nitrogen and oxygen atoms in total. The molecule has 0 unspecified atom stereocenters. The van der Waals surface area contributed by atoms with E-state index < -0.39 is 0 Å². The summed E-state index contributed by atoms with van der Waals surface area (Å²) >= 11 is 0. The van der Waals surface area contributed by atoms with Crippen LogP contribution in [0.3, 0.4) is 0 Å². The second kappa shape index (κ2) is 4.30. The van der Waals surface area contributed by atoms with Crippen LogP contribution in [0.1, 0.15) is 12.6 Å². The van der Waals surface area contributed by atoms with Crippen molar-refractivity contribution in [2.75, 3.05) is 11.9 Å². The van der Waals surface area contributed by atoms with Crippen LogP contribution in [0.2, 0.25) is 0 Å². The van der Waals surface area contributed by atoms with Gasteiger partial charge in [0.25, 0.3) is 0 Å². The van der Waals surface area contributed by atoms with Gasteiger partial charge in [-0.05, 0) is 19.9 Å². The molecule has 0 aromatic carbocycles. The minimum atomic E-state index is 0.712. The Morgan fingerprint density at radius 2 is 2.25 bits per heavy atom. The summed E-state index contributed by atoms with van der Waals surface area (Å²) in [5, 5.41) is 7.35. The zero-order chi connectivity index (χ0) is 11.5. The molecule has 0 radical (unpaired) electrons. The van der Waals surface area contributed by atoms with Crippen LogP contribution in [-0.2, 0) is 7.05 Å². The predicted octanol–water partition coefficient (Wildman–Crippen LogP) is 1.62. The fraction of sp³-hybridized carbons (Fsp3) is 0.364. The van der Waals surface area contributed by atoms with Crippen LogP contribution in [0.15, 0.2) is 18.5 Å². The molecule has 16 heavy (non-hydrogen) atoms. The smallest absolute Gasteiger partial charge is 0.164 e. The van der Waals surface area contributed by atoms with Crippen molar-refractivity contribution in [3.8, 4) is 11.4 Å². The summed E-state index contributed by atoms with van der Waals surface area (Å²) in [6.07, 6.45) is 3.55. The number of hydrogen-bond donors (Lipinski definition) is 1. The maximum atomic E-state index is 4.43. The third-order valence-electron chi connectivity index (χ3n) is 2.49. The van der Waals surface area contributed by atoms with E-state index in [4.69, 9.17) is 0 Å². The first-order valence-corrected chi connectivity index (χ1v) is 5.28. The molecule has 0 saturated carbocycles. The first-order valence-electron chi connectivity index (χ1n) is 5.28. The highest BCUT2D eigenvalue weighted by Gasteiger charge is 2.09. The van der Waals surface area contributed by atoms with Crippen LogP contribution in [-0.4, -0.2) is 26.3 Å². The van der Waals surface area contributed by atoms with Crippen molar-refractivity contribution in [2.24, 2.45) is 7.05 Å². The lowest BCUT2D eigenvalue weighted by molar-refractivity contribution is 0.740. The Kier molecular flexibility index (Phi) is 2.85. The van der Waals surface area contributed by atoms with E-state index in [0.717, 1.165) is 23.6 Å². The van der Waals surface area contributed by atoms with Gasteiger partial charge in [0.15, 0.2) is 5.82 Å². The van der Waals surface area contributed by atoms with E-state index >= 15 is 0 Å². The number of hydrogen-bond acceptors (Lipinski definition) is 4. The van der Waals surface area contributed by atoms with Gasteiger partial charge in [-0.15, -0.1) is 0 Å². The van der Waals surface area contributed by atoms with E-state index in [2.05, 4.69) is 20.4 Å². The zero-order valence-corrected chi connectivity index (χ0v) is 9.73. The van der Waals surface area contributed by atoms with E-state index in [-0.39, 0.29) is 0 Å². The molecule has 0 saturated heterocycles. The highest BCUT2D eigenvalue weighted by molar-refractivity contribution is 5.58. The van der Waals surface area contributed by atoms with Crippen LogP contribution in [0, 0.1) is 6.92 Å². The van der Waals surface area contributed by atoms with Crippen LogP contribution < -0.4 is 5.32 Å². The predicted molar refractivity (Wildman–Crippen MR) is 63.1 cm³/mol. The molecule has 0 atom stereocenters. The van der Waals surface area contributed by atoms with Crippen molar-refractivity contribution >= 4 is 5.82 Å². The van der Waals surface area contributed by atoms with E-state index in [9.17, 15) is 0 Å². The molecule has 5 heteroatoms. The minimum absolute atomic E-state index is 0.712. The lowest BCUT2D eigenvalue weighted by atomic mass is 10.2. The van der Waals surface area contributed by atoms with Crippen LogP contribution >= 0.6 is 0 Å². The van der Waals surface area contributed by atoms with Gasteiger partial charge in [-0.2, -0.15) is 5.10 Å². The van der Waals surface area contributed by atoms with E-state index in [1.54, 1.807) is 12.4 Å². The second-order valence-corrected chi connectivity index (χ2v) is 3.56. The molecule has 1 N–H and O–H groups in total. The maximum Gasteiger partial charge on any atom is 0.164 e. The number of nitrogens with zero attached hydrogens (tertiary/aromatic N) is 4. The summed E-state index contributed by atoms with van der Waals surface area (Å²) in [4.78, 5) is 8.69. The Labute approximate surface area is 94.5 Å². The van der Waals surface area contributed by atoms with Gasteiger partial charge in [0.1, 0.15) is 5.82 Å². The molecular formula is C11H15N5. The van der Waals surface area contributed by atoms with Crippen LogP contribution in [0.25, 0.3) is 11.4 Å². The van der Waals surface area contributed by atoms with Crippen molar-refractivity contribution in [1.82, 2.24) is 19.7 Å². The quantitative estimate of drug-likeness (QED) is 0.848. The Hall–Kier alpha value is -1.91. The summed E-state index contributed by atoms with van der Waals surface area (Å²) in [5.74, 6) is 1.56.